The summed E-state index contributed by atoms with van der Waals surface area (Å²) >= 11 is 0. The molecule has 3 rings (SSSR count). The van der Waals surface area contributed by atoms with Crippen LogP contribution in [0.1, 0.15) is 0 Å². The molecule has 0 spiro atoms. The SMILES string of the molecule is NS(=O)(=O)c1ccc(-c2c(-c3ccccc3)noc2[18F])cc1. The van der Waals surface area contributed by atoms with Crippen LogP contribution >= 0.6 is 0 Å². The molecule has 1 aromatic heterocycles. The molecule has 22 heavy (non-hydrogen) atoms. The number of aromatic nitrogens is 1. The Hall–Kier alpha value is -2.51. The summed E-state index contributed by atoms with van der Waals surface area (Å²) < 4.78 is 41.1. The highest BCUT2D eigenvalue weighted by molar-refractivity contribution is 7.89. The van der Waals surface area contributed by atoms with Crippen LogP contribution in [0, 0.1) is 6.01 Å². The molecule has 2 aromatic carbocycles. The van der Waals surface area contributed by atoms with Gasteiger partial charge in [0.1, 0.15) is 5.69 Å². The molecule has 1 heterocycles. The third kappa shape index (κ3) is 2.63. The first-order valence-electron chi connectivity index (χ1n) is 6.30. The fourth-order valence-electron chi connectivity index (χ4n) is 2.12. The van der Waals surface area contributed by atoms with Gasteiger partial charge in [0.25, 0.3) is 0 Å². The number of hydrogen-bond acceptors (Lipinski definition) is 4. The van der Waals surface area contributed by atoms with Crippen molar-refractivity contribution in [3.63, 3.8) is 0 Å². The zero-order valence-corrected chi connectivity index (χ0v) is 12.0. The number of nitrogens with zero attached hydrogens (tertiary/aromatic N) is 1. The molecule has 2 N–H and O–H groups in total. The van der Waals surface area contributed by atoms with Crippen LogP contribution in [-0.4, -0.2) is 13.6 Å². The second-order valence-electron chi connectivity index (χ2n) is 4.62. The van der Waals surface area contributed by atoms with Crippen molar-refractivity contribution in [3.8, 4) is 22.4 Å². The Balaban J connectivity index is 2.12. The van der Waals surface area contributed by atoms with E-state index in [1.165, 1.54) is 24.3 Å². The van der Waals surface area contributed by atoms with Crippen molar-refractivity contribution >= 4 is 10.0 Å². The fourth-order valence-corrected chi connectivity index (χ4v) is 2.64. The molecule has 112 valence electrons. The van der Waals surface area contributed by atoms with Gasteiger partial charge in [0.15, 0.2) is 0 Å². The Labute approximate surface area is 126 Å². The van der Waals surface area contributed by atoms with Crippen molar-refractivity contribution in [2.75, 3.05) is 0 Å². The van der Waals surface area contributed by atoms with Gasteiger partial charge in [0.2, 0.25) is 10.0 Å². The molecule has 0 radical (unpaired) electrons. The van der Waals surface area contributed by atoms with Crippen molar-refractivity contribution in [3.05, 3.63) is 60.6 Å². The van der Waals surface area contributed by atoms with E-state index < -0.39 is 16.0 Å². The van der Waals surface area contributed by atoms with Gasteiger partial charge >= 0.3 is 6.01 Å². The Morgan fingerprint density at radius 3 is 2.18 bits per heavy atom. The smallest absolute Gasteiger partial charge is 0.314 e. The molecule has 0 bridgehead atoms. The quantitative estimate of drug-likeness (QED) is 0.804. The predicted molar refractivity (Wildman–Crippen MR) is 78.7 cm³/mol. The van der Waals surface area contributed by atoms with Crippen LogP contribution in [0.5, 0.6) is 0 Å². The average Bonchev–Trinajstić information content (AvgIpc) is 2.89. The standard InChI is InChI=1S/C15H11FN2O3S/c16-15-13(10-6-8-12(9-7-10)22(17,19)20)14(18-21-15)11-4-2-1-3-5-11/h1-9H,(H2,17,19,20)/i16-1. The molecule has 0 atom stereocenters. The maximum Gasteiger partial charge on any atom is 0.314 e. The van der Waals surface area contributed by atoms with E-state index in [4.69, 9.17) is 5.14 Å². The van der Waals surface area contributed by atoms with Gasteiger partial charge in [0.05, 0.1) is 10.5 Å². The molecule has 0 saturated heterocycles. The maximum atomic E-state index is 13.9. The minimum Gasteiger partial charge on any atom is -0.325 e. The van der Waals surface area contributed by atoms with Crippen LogP contribution in [0.3, 0.4) is 0 Å². The van der Waals surface area contributed by atoms with Gasteiger partial charge in [-0.25, -0.2) is 13.6 Å². The lowest BCUT2D eigenvalue weighted by molar-refractivity contribution is 0.284. The minimum absolute atomic E-state index is 0.0469. The summed E-state index contributed by atoms with van der Waals surface area (Å²) in [6.45, 7) is 0. The number of nitrogens with two attached hydrogens (primary N) is 1. The van der Waals surface area contributed by atoms with Crippen LogP contribution in [0.25, 0.3) is 22.4 Å². The van der Waals surface area contributed by atoms with E-state index >= 15 is 0 Å². The second-order valence-corrected chi connectivity index (χ2v) is 6.18. The molecule has 0 amide bonds. The fraction of sp³-hybridized carbons (Fsp3) is 0. The van der Waals surface area contributed by atoms with Gasteiger partial charge in [-0.1, -0.05) is 47.6 Å². The predicted octanol–water partition coefficient (Wildman–Crippen LogP) is 2.80. The number of benzene rings is 2. The molecule has 0 aliphatic heterocycles. The Morgan fingerprint density at radius 1 is 0.955 bits per heavy atom. The Bertz CT molecular complexity index is 904. The van der Waals surface area contributed by atoms with Gasteiger partial charge < -0.3 is 4.52 Å². The third-order valence-electron chi connectivity index (χ3n) is 3.17. The summed E-state index contributed by atoms with van der Waals surface area (Å²) in [6, 6.07) is 13.7. The molecular formula is C15H11FN2O3S. The molecule has 0 fully saturated rings. The lowest BCUT2D eigenvalue weighted by atomic mass is 10.0. The molecule has 0 aliphatic carbocycles. The number of primary sulfonamides is 1. The first kappa shape index (κ1) is 14.4. The molecule has 5 nitrogen and oxygen atoms in total. The van der Waals surface area contributed by atoms with Gasteiger partial charge in [-0.15, -0.1) is 0 Å². The summed E-state index contributed by atoms with van der Waals surface area (Å²) in [5.41, 5.74) is 1.67. The van der Waals surface area contributed by atoms with Crippen LogP contribution in [0.15, 0.2) is 64.0 Å². The summed E-state index contributed by atoms with van der Waals surface area (Å²) in [6.07, 6.45) is 0. The van der Waals surface area contributed by atoms with Gasteiger partial charge in [0, 0.05) is 5.56 Å². The highest BCUT2D eigenvalue weighted by atomic mass is 32.2. The van der Waals surface area contributed by atoms with E-state index in [2.05, 4.69) is 9.68 Å². The topological polar surface area (TPSA) is 86.2 Å². The van der Waals surface area contributed by atoms with Crippen molar-refractivity contribution in [2.45, 2.75) is 4.90 Å². The normalized spacial score (nSPS) is 11.5. The van der Waals surface area contributed by atoms with Crippen molar-refractivity contribution in [2.24, 2.45) is 5.14 Å². The maximum absolute atomic E-state index is 13.9. The number of hydrogen-bond donors (Lipinski definition) is 1. The molecule has 0 unspecified atom stereocenters. The summed E-state index contributed by atoms with van der Waals surface area (Å²) in [7, 11) is -3.79. The summed E-state index contributed by atoms with van der Waals surface area (Å²) in [4.78, 5) is -0.0469. The van der Waals surface area contributed by atoms with Crippen molar-refractivity contribution < 1.29 is 17.3 Å². The zero-order valence-electron chi connectivity index (χ0n) is 11.2. The van der Waals surface area contributed by atoms with Gasteiger partial charge in [-0.2, -0.15) is 4.39 Å². The van der Waals surface area contributed by atoms with Gasteiger partial charge in [-0.05, 0) is 17.7 Å². The van der Waals surface area contributed by atoms with E-state index in [0.717, 1.165) is 0 Å². The molecular weight excluding hydrogens is 306 g/mol. The van der Waals surface area contributed by atoms with E-state index in [-0.39, 0.29) is 10.5 Å². The summed E-state index contributed by atoms with van der Waals surface area (Å²) in [5.74, 6) is 0. The lowest BCUT2D eigenvalue weighted by Crippen LogP contribution is -2.11. The number of sulfonamides is 1. The minimum atomic E-state index is -3.79. The lowest BCUT2D eigenvalue weighted by Gasteiger charge is -2.03. The third-order valence-corrected chi connectivity index (χ3v) is 4.10. The second kappa shape index (κ2) is 5.36. The highest BCUT2D eigenvalue weighted by Crippen LogP contribution is 2.33. The van der Waals surface area contributed by atoms with Crippen molar-refractivity contribution in [1.82, 2.24) is 5.16 Å². The molecule has 0 aliphatic rings. The van der Waals surface area contributed by atoms with Crippen LogP contribution in [0.4, 0.5) is 4.39 Å². The van der Waals surface area contributed by atoms with E-state index in [1.54, 1.807) is 24.3 Å². The summed E-state index contributed by atoms with van der Waals surface area (Å²) in [5, 5.41) is 8.78. The molecule has 0 saturated carbocycles. The van der Waals surface area contributed by atoms with Crippen LogP contribution in [-0.2, 0) is 10.0 Å². The molecule has 3 aromatic rings. The van der Waals surface area contributed by atoms with E-state index in [1.807, 2.05) is 6.07 Å². The largest absolute Gasteiger partial charge is 0.325 e. The monoisotopic (exact) mass is 317 g/mol. The van der Waals surface area contributed by atoms with Crippen LogP contribution < -0.4 is 5.14 Å². The highest BCUT2D eigenvalue weighted by Gasteiger charge is 2.19. The first-order valence-corrected chi connectivity index (χ1v) is 7.85. The average molecular weight is 317 g/mol. The Kier molecular flexibility index (Phi) is 3.51. The van der Waals surface area contributed by atoms with Crippen molar-refractivity contribution in [1.29, 1.82) is 0 Å². The van der Waals surface area contributed by atoms with E-state index in [0.29, 0.717) is 16.8 Å². The first-order chi connectivity index (χ1) is 10.5. The number of rotatable bonds is 3. The van der Waals surface area contributed by atoms with Crippen LogP contribution in [0.2, 0.25) is 0 Å². The van der Waals surface area contributed by atoms with Gasteiger partial charge in [-0.3, -0.25) is 0 Å². The van der Waals surface area contributed by atoms with E-state index in [9.17, 15) is 12.8 Å². The Morgan fingerprint density at radius 2 is 1.59 bits per heavy atom. The zero-order chi connectivity index (χ0) is 15.7. The number of halogens is 1. The molecule has 7 heteroatoms.